The smallest absolute Gasteiger partial charge is 0.178 e. The van der Waals surface area contributed by atoms with E-state index in [1.165, 1.54) is 0 Å². The van der Waals surface area contributed by atoms with Crippen LogP contribution in [0.1, 0.15) is 41.0 Å². The highest BCUT2D eigenvalue weighted by molar-refractivity contribution is 4.82. The van der Waals surface area contributed by atoms with Gasteiger partial charge in [-0.05, 0) is 32.6 Å². The van der Waals surface area contributed by atoms with Crippen molar-refractivity contribution in [1.82, 2.24) is 0 Å². The predicted molar refractivity (Wildman–Crippen MR) is 83.1 cm³/mol. The first-order valence-electron chi connectivity index (χ1n) is 7.49. The average Bonchev–Trinajstić information content (AvgIpc) is 2.34. The van der Waals surface area contributed by atoms with E-state index < -0.39 is 30.3 Å². The molecule has 0 aromatic heterocycles. The van der Waals surface area contributed by atoms with Crippen molar-refractivity contribution in [3.63, 3.8) is 0 Å². The molecule has 0 fully saturated rings. The Morgan fingerprint density at radius 1 is 1.14 bits per heavy atom. The van der Waals surface area contributed by atoms with Crippen molar-refractivity contribution in [2.24, 2.45) is 11.1 Å². The topological polar surface area (TPSA) is 114 Å². The summed E-state index contributed by atoms with van der Waals surface area (Å²) in [4.78, 5) is 0. The fraction of sp³-hybridized carbons (Fsp3) is 1.00. The summed E-state index contributed by atoms with van der Waals surface area (Å²) in [6.45, 7) is 9.84. The molecule has 0 aliphatic carbocycles. The van der Waals surface area contributed by atoms with E-state index in [1.807, 2.05) is 13.8 Å². The molecule has 0 aromatic carbocycles. The highest BCUT2D eigenvalue weighted by atomic mass is 16.7. The molecule has 0 bridgehead atoms. The SMILES string of the molecule is COCC(C)(C)CC(C)(C)OC(OC(C)CO)C(N)C(O)O. The van der Waals surface area contributed by atoms with Crippen molar-refractivity contribution in [3.05, 3.63) is 0 Å². The Kier molecular flexibility index (Phi) is 9.01. The van der Waals surface area contributed by atoms with Crippen LogP contribution in [0.25, 0.3) is 0 Å². The molecule has 5 N–H and O–H groups in total. The molecule has 0 rings (SSSR count). The van der Waals surface area contributed by atoms with E-state index in [2.05, 4.69) is 13.8 Å². The van der Waals surface area contributed by atoms with Crippen LogP contribution in [-0.4, -0.2) is 66.0 Å². The molecule has 0 spiro atoms. The standard InChI is InChI=1S/C15H33NO6/c1-10(7-17)21-13(11(16)12(18)19)22-15(4,5)8-14(2,3)9-20-6/h10-13,17-19H,7-9,16H2,1-6H3. The molecule has 3 atom stereocenters. The van der Waals surface area contributed by atoms with E-state index in [-0.39, 0.29) is 12.0 Å². The second-order valence-corrected chi connectivity index (χ2v) is 7.14. The average molecular weight is 323 g/mol. The molecule has 3 unspecified atom stereocenters. The number of aliphatic hydroxyl groups is 3. The van der Waals surface area contributed by atoms with Gasteiger partial charge in [0, 0.05) is 7.11 Å². The Balaban J connectivity index is 4.94. The van der Waals surface area contributed by atoms with Gasteiger partial charge in [0.25, 0.3) is 0 Å². The van der Waals surface area contributed by atoms with Gasteiger partial charge in [-0.1, -0.05) is 13.8 Å². The van der Waals surface area contributed by atoms with Gasteiger partial charge in [0.1, 0.15) is 6.04 Å². The zero-order valence-electron chi connectivity index (χ0n) is 14.6. The van der Waals surface area contributed by atoms with Gasteiger partial charge >= 0.3 is 0 Å². The highest BCUT2D eigenvalue weighted by Crippen LogP contribution is 2.32. The highest BCUT2D eigenvalue weighted by Gasteiger charge is 2.36. The molecule has 134 valence electrons. The number of nitrogens with two attached hydrogens (primary N) is 1. The summed E-state index contributed by atoms with van der Waals surface area (Å²) in [6.07, 6.45) is -2.71. The maximum Gasteiger partial charge on any atom is 0.178 e. The molecule has 22 heavy (non-hydrogen) atoms. The Morgan fingerprint density at radius 3 is 2.09 bits per heavy atom. The normalized spacial score (nSPS) is 17.6. The van der Waals surface area contributed by atoms with Gasteiger partial charge in [-0.15, -0.1) is 0 Å². The van der Waals surface area contributed by atoms with Crippen LogP contribution in [0.4, 0.5) is 0 Å². The van der Waals surface area contributed by atoms with Crippen molar-refractivity contribution in [1.29, 1.82) is 0 Å². The first-order chi connectivity index (χ1) is 9.94. The van der Waals surface area contributed by atoms with Gasteiger partial charge in [-0.2, -0.15) is 0 Å². The van der Waals surface area contributed by atoms with E-state index in [1.54, 1.807) is 14.0 Å². The largest absolute Gasteiger partial charge is 0.394 e. The lowest BCUT2D eigenvalue weighted by molar-refractivity contribution is -0.258. The minimum Gasteiger partial charge on any atom is -0.394 e. The van der Waals surface area contributed by atoms with Crippen LogP contribution < -0.4 is 5.73 Å². The molecular formula is C15H33NO6. The summed E-state index contributed by atoms with van der Waals surface area (Å²) in [5.74, 6) is 0. The molecule has 0 heterocycles. The van der Waals surface area contributed by atoms with Crippen molar-refractivity contribution in [3.8, 4) is 0 Å². The van der Waals surface area contributed by atoms with Gasteiger partial charge in [0.15, 0.2) is 12.6 Å². The Morgan fingerprint density at radius 2 is 1.68 bits per heavy atom. The fourth-order valence-corrected chi connectivity index (χ4v) is 2.56. The van der Waals surface area contributed by atoms with Crippen LogP contribution >= 0.6 is 0 Å². The zero-order chi connectivity index (χ0) is 17.6. The first-order valence-corrected chi connectivity index (χ1v) is 7.49. The number of methoxy groups -OCH3 is 1. The molecule has 0 aliphatic heterocycles. The number of ether oxygens (including phenoxy) is 3. The molecule has 0 radical (unpaired) electrons. The summed E-state index contributed by atoms with van der Waals surface area (Å²) in [7, 11) is 1.64. The minimum absolute atomic E-state index is 0.132. The minimum atomic E-state index is -1.78. The van der Waals surface area contributed by atoms with Crippen LogP contribution in [0.15, 0.2) is 0 Å². The van der Waals surface area contributed by atoms with Gasteiger partial charge < -0.3 is 35.3 Å². The molecule has 0 saturated carbocycles. The Bertz CT molecular complexity index is 308. The van der Waals surface area contributed by atoms with Crippen molar-refractivity contribution in [2.75, 3.05) is 20.3 Å². The first kappa shape index (κ1) is 21.7. The number of hydrogen-bond donors (Lipinski definition) is 4. The number of hydrogen-bond acceptors (Lipinski definition) is 7. The molecular weight excluding hydrogens is 290 g/mol. The van der Waals surface area contributed by atoms with Crippen LogP contribution in [-0.2, 0) is 14.2 Å². The summed E-state index contributed by atoms with van der Waals surface area (Å²) in [6, 6.07) is -1.14. The van der Waals surface area contributed by atoms with Gasteiger partial charge in [0.05, 0.1) is 24.9 Å². The van der Waals surface area contributed by atoms with Crippen LogP contribution in [0, 0.1) is 5.41 Å². The second kappa shape index (κ2) is 9.12. The Labute approximate surface area is 133 Å². The van der Waals surface area contributed by atoms with Gasteiger partial charge in [0.2, 0.25) is 0 Å². The van der Waals surface area contributed by atoms with Gasteiger partial charge in [-0.3, -0.25) is 0 Å². The molecule has 7 heteroatoms. The maximum absolute atomic E-state index is 9.28. The van der Waals surface area contributed by atoms with E-state index in [9.17, 15) is 10.2 Å². The van der Waals surface area contributed by atoms with Crippen molar-refractivity contribution >= 4 is 0 Å². The summed E-state index contributed by atoms with van der Waals surface area (Å²) >= 11 is 0. The third-order valence-electron chi connectivity index (χ3n) is 3.16. The lowest BCUT2D eigenvalue weighted by atomic mass is 9.82. The predicted octanol–water partition coefficient (Wildman–Crippen LogP) is 0.206. The quantitative estimate of drug-likeness (QED) is 0.402. The monoisotopic (exact) mass is 323 g/mol. The van der Waals surface area contributed by atoms with Crippen LogP contribution in [0.5, 0.6) is 0 Å². The van der Waals surface area contributed by atoms with E-state index in [0.29, 0.717) is 13.0 Å². The van der Waals surface area contributed by atoms with Crippen molar-refractivity contribution in [2.45, 2.75) is 71.4 Å². The van der Waals surface area contributed by atoms with Crippen LogP contribution in [0.3, 0.4) is 0 Å². The van der Waals surface area contributed by atoms with Crippen LogP contribution in [0.2, 0.25) is 0 Å². The molecule has 0 aromatic rings. The van der Waals surface area contributed by atoms with Crippen molar-refractivity contribution < 1.29 is 29.5 Å². The number of aliphatic hydroxyl groups excluding tert-OH is 2. The lowest BCUT2D eigenvalue weighted by Crippen LogP contribution is -2.52. The number of rotatable bonds is 11. The van der Waals surface area contributed by atoms with E-state index in [0.717, 1.165) is 0 Å². The fourth-order valence-electron chi connectivity index (χ4n) is 2.56. The second-order valence-electron chi connectivity index (χ2n) is 7.14. The molecule has 0 amide bonds. The van der Waals surface area contributed by atoms with Gasteiger partial charge in [-0.25, -0.2) is 0 Å². The third-order valence-corrected chi connectivity index (χ3v) is 3.16. The third kappa shape index (κ3) is 8.38. The summed E-state index contributed by atoms with van der Waals surface area (Å²) in [5, 5.41) is 27.7. The van der Waals surface area contributed by atoms with E-state index in [4.69, 9.17) is 25.1 Å². The Hall–Kier alpha value is -0.280. The zero-order valence-corrected chi connectivity index (χ0v) is 14.6. The summed E-state index contributed by atoms with van der Waals surface area (Å²) < 4.78 is 16.6. The van der Waals surface area contributed by atoms with E-state index >= 15 is 0 Å². The molecule has 0 aliphatic rings. The molecule has 7 nitrogen and oxygen atoms in total. The maximum atomic E-state index is 9.28. The summed E-state index contributed by atoms with van der Waals surface area (Å²) in [5.41, 5.74) is 4.97. The molecule has 0 saturated heterocycles. The lowest BCUT2D eigenvalue weighted by Gasteiger charge is -2.39.